The summed E-state index contributed by atoms with van der Waals surface area (Å²) in [5, 5.41) is 11.5. The van der Waals surface area contributed by atoms with Gasteiger partial charge in [-0.1, -0.05) is 51.3 Å². The predicted octanol–water partition coefficient (Wildman–Crippen LogP) is 5.79. The molecule has 2 fully saturated rings. The lowest BCUT2D eigenvalue weighted by Gasteiger charge is -2.35. The minimum Gasteiger partial charge on any atom is -0.507 e. The van der Waals surface area contributed by atoms with Crippen LogP contribution in [0.3, 0.4) is 0 Å². The molecule has 1 saturated heterocycles. The number of rotatable bonds is 7. The summed E-state index contributed by atoms with van der Waals surface area (Å²) in [5.74, 6) is 0.332. The molecule has 1 saturated carbocycles. The van der Waals surface area contributed by atoms with Gasteiger partial charge in [0.2, 0.25) is 0 Å². The maximum Gasteiger partial charge on any atom is 0.295 e. The third-order valence-electron chi connectivity index (χ3n) is 6.90. The van der Waals surface area contributed by atoms with E-state index in [1.54, 1.807) is 24.1 Å². The van der Waals surface area contributed by atoms with Gasteiger partial charge in [0.05, 0.1) is 25.3 Å². The van der Waals surface area contributed by atoms with Crippen molar-refractivity contribution in [1.29, 1.82) is 0 Å². The largest absolute Gasteiger partial charge is 0.507 e. The van der Waals surface area contributed by atoms with Gasteiger partial charge in [0.25, 0.3) is 11.7 Å². The molecule has 1 unspecified atom stereocenters. The molecule has 1 N–H and O–H groups in total. The number of likely N-dealkylation sites (tertiary alicyclic amines) is 1. The van der Waals surface area contributed by atoms with Crippen molar-refractivity contribution in [3.8, 4) is 11.5 Å². The Balaban J connectivity index is 1.82. The summed E-state index contributed by atoms with van der Waals surface area (Å²) in [7, 11) is 1.57. The van der Waals surface area contributed by atoms with Gasteiger partial charge in [-0.25, -0.2) is 0 Å². The summed E-state index contributed by atoms with van der Waals surface area (Å²) in [6.45, 7) is 6.66. The van der Waals surface area contributed by atoms with E-state index >= 15 is 0 Å². The molecule has 186 valence electrons. The Morgan fingerprint density at radius 1 is 1.06 bits per heavy atom. The van der Waals surface area contributed by atoms with E-state index in [0.717, 1.165) is 43.4 Å². The molecule has 1 amide bonds. The summed E-state index contributed by atoms with van der Waals surface area (Å²) in [4.78, 5) is 28.5. The van der Waals surface area contributed by atoms with Crippen LogP contribution in [0.15, 0.2) is 48.0 Å². The molecule has 2 aromatic rings. The molecule has 0 aromatic heterocycles. The summed E-state index contributed by atoms with van der Waals surface area (Å²) < 4.78 is 11.5. The number of carbonyl (C=O) groups is 2. The number of hydrogen-bond donors (Lipinski definition) is 1. The van der Waals surface area contributed by atoms with Gasteiger partial charge in [-0.15, -0.1) is 0 Å². The normalized spacial score (nSPS) is 20.5. The number of carbonyl (C=O) groups excluding carboxylic acids is 2. The second kappa shape index (κ2) is 10.5. The topological polar surface area (TPSA) is 76.1 Å². The molecule has 6 heteroatoms. The Morgan fingerprint density at radius 3 is 2.43 bits per heavy atom. The molecule has 1 heterocycles. The van der Waals surface area contributed by atoms with Crippen LogP contribution in [0, 0.1) is 12.8 Å². The Hall–Kier alpha value is -3.28. The molecule has 4 rings (SSSR count). The summed E-state index contributed by atoms with van der Waals surface area (Å²) in [6.07, 6.45) is 4.86. The van der Waals surface area contributed by atoms with Crippen LogP contribution in [0.4, 0.5) is 0 Å². The monoisotopic (exact) mass is 477 g/mol. The lowest BCUT2D eigenvalue weighted by molar-refractivity contribution is -0.141. The van der Waals surface area contributed by atoms with Gasteiger partial charge in [0.15, 0.2) is 0 Å². The molecule has 1 atom stereocenters. The average Bonchev–Trinajstić information content (AvgIpc) is 3.13. The minimum absolute atomic E-state index is 0.0473. The summed E-state index contributed by atoms with van der Waals surface area (Å²) in [6, 6.07) is 12.0. The number of hydrogen-bond acceptors (Lipinski definition) is 5. The number of benzene rings is 2. The second-order valence-electron chi connectivity index (χ2n) is 9.93. The summed E-state index contributed by atoms with van der Waals surface area (Å²) >= 11 is 0. The number of ketones is 1. The van der Waals surface area contributed by atoms with Crippen molar-refractivity contribution in [2.75, 3.05) is 13.7 Å². The highest BCUT2D eigenvalue weighted by molar-refractivity contribution is 6.46. The zero-order chi connectivity index (χ0) is 25.1. The van der Waals surface area contributed by atoms with E-state index in [1.807, 2.05) is 37.3 Å². The van der Waals surface area contributed by atoms with Gasteiger partial charge in [-0.2, -0.15) is 0 Å². The average molecular weight is 478 g/mol. The molecule has 0 bridgehead atoms. The first-order chi connectivity index (χ1) is 16.8. The minimum atomic E-state index is -0.702. The first kappa shape index (κ1) is 24.8. The van der Waals surface area contributed by atoms with Crippen LogP contribution in [-0.2, 0) is 9.59 Å². The van der Waals surface area contributed by atoms with E-state index in [0.29, 0.717) is 29.4 Å². The first-order valence-electron chi connectivity index (χ1n) is 12.5. The van der Waals surface area contributed by atoms with E-state index in [2.05, 4.69) is 13.8 Å². The van der Waals surface area contributed by atoms with E-state index in [9.17, 15) is 14.7 Å². The van der Waals surface area contributed by atoms with Crippen molar-refractivity contribution in [1.82, 2.24) is 4.90 Å². The highest BCUT2D eigenvalue weighted by Crippen LogP contribution is 2.45. The van der Waals surface area contributed by atoms with Crippen LogP contribution in [0.1, 0.15) is 68.7 Å². The van der Waals surface area contributed by atoms with Crippen molar-refractivity contribution in [3.63, 3.8) is 0 Å². The number of aryl methyl sites for hydroxylation is 1. The number of ether oxygens (including phenoxy) is 2. The third kappa shape index (κ3) is 4.93. The number of nitrogens with zero attached hydrogens (tertiary/aromatic N) is 1. The first-order valence-corrected chi connectivity index (χ1v) is 12.5. The van der Waals surface area contributed by atoms with Crippen molar-refractivity contribution >= 4 is 17.4 Å². The zero-order valence-electron chi connectivity index (χ0n) is 21.0. The number of methoxy groups -OCH3 is 1. The highest BCUT2D eigenvalue weighted by Gasteiger charge is 2.49. The maximum atomic E-state index is 13.4. The zero-order valence-corrected chi connectivity index (χ0v) is 21.0. The molecule has 2 aliphatic rings. The second-order valence-corrected chi connectivity index (χ2v) is 9.93. The van der Waals surface area contributed by atoms with Crippen molar-refractivity contribution in [3.05, 3.63) is 64.7 Å². The SMILES string of the molecule is COc1ccccc1C1/C(=C(\O)c2ccc(OCC(C)C)c(C)c2)C(=O)C(=O)N1C1CCCCC1. The molecule has 6 nitrogen and oxygen atoms in total. The number of aliphatic hydroxyl groups is 1. The van der Waals surface area contributed by atoms with Crippen molar-refractivity contribution in [2.45, 2.75) is 65.0 Å². The quantitative estimate of drug-likeness (QED) is 0.310. The van der Waals surface area contributed by atoms with Crippen molar-refractivity contribution in [2.24, 2.45) is 5.92 Å². The van der Waals surface area contributed by atoms with Crippen LogP contribution < -0.4 is 9.47 Å². The summed E-state index contributed by atoms with van der Waals surface area (Å²) in [5.41, 5.74) is 2.15. The van der Waals surface area contributed by atoms with E-state index in [4.69, 9.17) is 9.47 Å². The van der Waals surface area contributed by atoms with Gasteiger partial charge in [-0.3, -0.25) is 9.59 Å². The molecule has 35 heavy (non-hydrogen) atoms. The Morgan fingerprint density at radius 2 is 1.77 bits per heavy atom. The number of aliphatic hydroxyl groups excluding tert-OH is 1. The van der Waals surface area contributed by atoms with Gasteiger partial charge in [0, 0.05) is 17.2 Å². The van der Waals surface area contributed by atoms with Gasteiger partial charge >= 0.3 is 0 Å². The molecule has 0 radical (unpaired) electrons. The molecule has 0 spiro atoms. The molecule has 1 aliphatic carbocycles. The standard InChI is InChI=1S/C29H35NO5/c1-18(2)17-35-23-15-14-20(16-19(23)3)27(31)25-26(22-12-8-9-13-24(22)34-4)30(29(33)28(25)32)21-10-6-5-7-11-21/h8-9,12-16,18,21,26,31H,5-7,10-11,17H2,1-4H3/b27-25+. The third-order valence-corrected chi connectivity index (χ3v) is 6.90. The van der Waals surface area contributed by atoms with Gasteiger partial charge in [-0.05, 0) is 55.5 Å². The predicted molar refractivity (Wildman–Crippen MR) is 136 cm³/mol. The van der Waals surface area contributed by atoms with Crippen molar-refractivity contribution < 1.29 is 24.2 Å². The maximum absolute atomic E-state index is 13.4. The number of Topliss-reactive ketones (excluding diaryl/α,β-unsaturated/α-hetero) is 1. The lowest BCUT2D eigenvalue weighted by atomic mass is 9.90. The van der Waals surface area contributed by atoms with E-state index < -0.39 is 17.7 Å². The number of para-hydroxylation sites is 1. The van der Waals surface area contributed by atoms with Crippen LogP contribution in [0.25, 0.3) is 5.76 Å². The Bertz CT molecular complexity index is 1130. The Kier molecular flexibility index (Phi) is 7.48. The number of amides is 1. The van der Waals surface area contributed by atoms with Crippen LogP contribution in [0.2, 0.25) is 0 Å². The molecule has 2 aromatic carbocycles. The van der Waals surface area contributed by atoms with E-state index in [1.165, 1.54) is 0 Å². The van der Waals surface area contributed by atoms with Crippen LogP contribution >= 0.6 is 0 Å². The fraction of sp³-hybridized carbons (Fsp3) is 0.448. The molecular formula is C29H35NO5. The van der Waals surface area contributed by atoms with E-state index in [-0.39, 0.29) is 17.4 Å². The Labute approximate surface area is 207 Å². The fourth-order valence-corrected chi connectivity index (χ4v) is 5.15. The smallest absolute Gasteiger partial charge is 0.295 e. The fourth-order valence-electron chi connectivity index (χ4n) is 5.15. The lowest BCUT2D eigenvalue weighted by Crippen LogP contribution is -2.40. The van der Waals surface area contributed by atoms with Crippen LogP contribution in [0.5, 0.6) is 11.5 Å². The van der Waals surface area contributed by atoms with Crippen LogP contribution in [-0.4, -0.2) is 41.5 Å². The van der Waals surface area contributed by atoms with Gasteiger partial charge in [0.1, 0.15) is 17.3 Å². The molecule has 1 aliphatic heterocycles. The van der Waals surface area contributed by atoms with Gasteiger partial charge < -0.3 is 19.5 Å². The highest BCUT2D eigenvalue weighted by atomic mass is 16.5. The molecular weight excluding hydrogens is 442 g/mol.